The van der Waals surface area contributed by atoms with Gasteiger partial charge in [0.15, 0.2) is 0 Å². The van der Waals surface area contributed by atoms with Gasteiger partial charge >= 0.3 is 0 Å². The summed E-state index contributed by atoms with van der Waals surface area (Å²) >= 11 is 0. The van der Waals surface area contributed by atoms with E-state index in [1.807, 2.05) is 0 Å². The monoisotopic (exact) mass is 312 g/mol. The number of hydrogen-bond acceptors (Lipinski definition) is 3. The highest BCUT2D eigenvalue weighted by molar-refractivity contribution is 5.65. The number of ether oxygens (including phenoxy) is 1. The van der Waals surface area contributed by atoms with Crippen LogP contribution in [0.25, 0.3) is 6.08 Å². The second-order valence-corrected chi connectivity index (χ2v) is 7.37. The second kappa shape index (κ2) is 6.39. The quantitative estimate of drug-likeness (QED) is 0.853. The summed E-state index contributed by atoms with van der Waals surface area (Å²) in [7, 11) is 0. The lowest BCUT2D eigenvalue weighted by Crippen LogP contribution is -2.50. The zero-order valence-corrected chi connectivity index (χ0v) is 14.2. The average Bonchev–Trinajstić information content (AvgIpc) is 2.97. The molecule has 124 valence electrons. The van der Waals surface area contributed by atoms with Crippen LogP contribution < -0.4 is 0 Å². The minimum Gasteiger partial charge on any atom is -0.379 e. The number of nitrogens with zero attached hydrogens (tertiary/aromatic N) is 2. The van der Waals surface area contributed by atoms with Crippen LogP contribution in [0.4, 0.5) is 0 Å². The van der Waals surface area contributed by atoms with Crippen molar-refractivity contribution in [3.05, 3.63) is 41.5 Å². The summed E-state index contributed by atoms with van der Waals surface area (Å²) in [6.45, 7) is 9.98. The van der Waals surface area contributed by atoms with E-state index in [0.29, 0.717) is 11.5 Å². The average molecular weight is 312 g/mol. The SMILES string of the molecule is C[C@H](CN1CCC2(C=Cc3ccccc32)CC1)N1CCOCC1. The third-order valence-corrected chi connectivity index (χ3v) is 6.02. The van der Waals surface area contributed by atoms with Crippen LogP contribution in [0, 0.1) is 0 Å². The molecule has 0 N–H and O–H groups in total. The van der Waals surface area contributed by atoms with Crippen molar-refractivity contribution in [3.63, 3.8) is 0 Å². The van der Waals surface area contributed by atoms with E-state index in [9.17, 15) is 0 Å². The fraction of sp³-hybridized carbons (Fsp3) is 0.600. The van der Waals surface area contributed by atoms with E-state index in [4.69, 9.17) is 4.74 Å². The van der Waals surface area contributed by atoms with Crippen molar-refractivity contribution >= 4 is 6.08 Å². The number of likely N-dealkylation sites (tertiary alicyclic amines) is 1. The minimum atomic E-state index is 0.315. The molecule has 1 aromatic carbocycles. The lowest BCUT2D eigenvalue weighted by Gasteiger charge is -2.42. The van der Waals surface area contributed by atoms with Gasteiger partial charge in [0.2, 0.25) is 0 Å². The van der Waals surface area contributed by atoms with Gasteiger partial charge in [-0.2, -0.15) is 0 Å². The number of allylic oxidation sites excluding steroid dienone is 1. The predicted octanol–water partition coefficient (Wildman–Crippen LogP) is 2.77. The largest absolute Gasteiger partial charge is 0.379 e. The maximum absolute atomic E-state index is 5.47. The highest BCUT2D eigenvalue weighted by atomic mass is 16.5. The molecule has 1 aliphatic carbocycles. The van der Waals surface area contributed by atoms with Crippen LogP contribution >= 0.6 is 0 Å². The molecule has 23 heavy (non-hydrogen) atoms. The maximum Gasteiger partial charge on any atom is 0.0594 e. The molecule has 4 rings (SSSR count). The maximum atomic E-state index is 5.47. The van der Waals surface area contributed by atoms with Crippen LogP contribution in [0.3, 0.4) is 0 Å². The second-order valence-electron chi connectivity index (χ2n) is 7.37. The van der Waals surface area contributed by atoms with E-state index >= 15 is 0 Å². The number of piperidine rings is 1. The number of morpholine rings is 1. The van der Waals surface area contributed by atoms with E-state index in [1.54, 1.807) is 5.56 Å². The summed E-state index contributed by atoms with van der Waals surface area (Å²) in [5.41, 5.74) is 3.30. The van der Waals surface area contributed by atoms with Crippen LogP contribution in [0.5, 0.6) is 0 Å². The van der Waals surface area contributed by atoms with E-state index in [0.717, 1.165) is 26.3 Å². The zero-order chi connectivity index (χ0) is 15.7. The van der Waals surface area contributed by atoms with Gasteiger partial charge in [-0.15, -0.1) is 0 Å². The lowest BCUT2D eigenvalue weighted by atomic mass is 9.74. The molecule has 1 atom stereocenters. The first-order valence-corrected chi connectivity index (χ1v) is 9.10. The molecular weight excluding hydrogens is 284 g/mol. The van der Waals surface area contributed by atoms with Gasteiger partial charge in [-0.3, -0.25) is 4.90 Å². The fourth-order valence-corrected chi connectivity index (χ4v) is 4.51. The normalized spacial score (nSPS) is 25.6. The van der Waals surface area contributed by atoms with Gasteiger partial charge in [0.05, 0.1) is 13.2 Å². The molecular formula is C20H28N2O. The van der Waals surface area contributed by atoms with Crippen molar-refractivity contribution in [2.75, 3.05) is 45.9 Å². The molecule has 0 amide bonds. The van der Waals surface area contributed by atoms with Crippen molar-refractivity contribution < 1.29 is 4.74 Å². The molecule has 2 saturated heterocycles. The van der Waals surface area contributed by atoms with Gasteiger partial charge < -0.3 is 9.64 Å². The molecule has 0 unspecified atom stereocenters. The van der Waals surface area contributed by atoms with Gasteiger partial charge in [0.1, 0.15) is 0 Å². The third kappa shape index (κ3) is 2.98. The summed E-state index contributed by atoms with van der Waals surface area (Å²) in [5, 5.41) is 0. The van der Waals surface area contributed by atoms with Crippen molar-refractivity contribution in [2.24, 2.45) is 0 Å². The van der Waals surface area contributed by atoms with Crippen molar-refractivity contribution in [1.29, 1.82) is 0 Å². The summed E-state index contributed by atoms with van der Waals surface area (Å²) < 4.78 is 5.47. The van der Waals surface area contributed by atoms with Crippen LogP contribution in [-0.4, -0.2) is 61.8 Å². The molecule has 1 spiro atoms. The number of benzene rings is 1. The molecule has 2 aliphatic heterocycles. The Balaban J connectivity index is 1.36. The van der Waals surface area contributed by atoms with Gasteiger partial charge in [0.25, 0.3) is 0 Å². The zero-order valence-electron chi connectivity index (χ0n) is 14.2. The highest BCUT2D eigenvalue weighted by Gasteiger charge is 2.38. The topological polar surface area (TPSA) is 15.7 Å². The smallest absolute Gasteiger partial charge is 0.0594 e. The van der Waals surface area contributed by atoms with E-state index < -0.39 is 0 Å². The van der Waals surface area contributed by atoms with Crippen LogP contribution in [-0.2, 0) is 10.2 Å². The molecule has 3 aliphatic rings. The molecule has 2 heterocycles. The molecule has 1 aromatic rings. The summed E-state index contributed by atoms with van der Waals surface area (Å²) in [6, 6.07) is 9.58. The Morgan fingerprint density at radius 2 is 1.83 bits per heavy atom. The van der Waals surface area contributed by atoms with Crippen molar-refractivity contribution in [1.82, 2.24) is 9.80 Å². The highest BCUT2D eigenvalue weighted by Crippen LogP contribution is 2.43. The van der Waals surface area contributed by atoms with Crippen LogP contribution in [0.1, 0.15) is 30.9 Å². The van der Waals surface area contributed by atoms with Crippen LogP contribution in [0.2, 0.25) is 0 Å². The minimum absolute atomic E-state index is 0.315. The van der Waals surface area contributed by atoms with E-state index in [2.05, 4.69) is 53.1 Å². The Hall–Kier alpha value is -1.16. The Kier molecular flexibility index (Phi) is 4.27. The molecule has 3 heteroatoms. The molecule has 0 aromatic heterocycles. The summed E-state index contributed by atoms with van der Waals surface area (Å²) in [4.78, 5) is 5.25. The molecule has 0 saturated carbocycles. The Bertz CT molecular complexity index is 569. The standard InChI is InChI=1S/C20H28N2O/c1-17(22-12-14-23-15-13-22)16-21-10-8-20(9-11-21)7-6-18-4-2-3-5-19(18)20/h2-7,17H,8-16H2,1H3/t17-/m1/s1. The van der Waals surface area contributed by atoms with E-state index in [-0.39, 0.29) is 0 Å². The van der Waals surface area contributed by atoms with Gasteiger partial charge in [0, 0.05) is 31.1 Å². The van der Waals surface area contributed by atoms with E-state index in [1.165, 1.54) is 38.0 Å². The first kappa shape index (κ1) is 15.4. The van der Waals surface area contributed by atoms with Gasteiger partial charge in [-0.05, 0) is 44.0 Å². The molecule has 0 bridgehead atoms. The Morgan fingerprint density at radius 1 is 1.09 bits per heavy atom. The van der Waals surface area contributed by atoms with Gasteiger partial charge in [-0.1, -0.05) is 36.4 Å². The van der Waals surface area contributed by atoms with Crippen LogP contribution in [0.15, 0.2) is 30.3 Å². The predicted molar refractivity (Wildman–Crippen MR) is 94.7 cm³/mol. The Labute approximate surface area is 139 Å². The van der Waals surface area contributed by atoms with Crippen molar-refractivity contribution in [2.45, 2.75) is 31.2 Å². The first-order valence-electron chi connectivity index (χ1n) is 9.10. The number of rotatable bonds is 3. The third-order valence-electron chi connectivity index (χ3n) is 6.02. The number of fused-ring (bicyclic) bond motifs is 2. The lowest BCUT2D eigenvalue weighted by molar-refractivity contribution is 0.00986. The fourth-order valence-electron chi connectivity index (χ4n) is 4.51. The van der Waals surface area contributed by atoms with Crippen molar-refractivity contribution in [3.8, 4) is 0 Å². The van der Waals surface area contributed by atoms with Gasteiger partial charge in [-0.25, -0.2) is 0 Å². The summed E-state index contributed by atoms with van der Waals surface area (Å²) in [5.74, 6) is 0. The molecule has 3 nitrogen and oxygen atoms in total. The summed E-state index contributed by atoms with van der Waals surface area (Å²) in [6.07, 6.45) is 7.33. The molecule has 2 fully saturated rings. The Morgan fingerprint density at radius 3 is 2.61 bits per heavy atom. The number of hydrogen-bond donors (Lipinski definition) is 0. The first-order chi connectivity index (χ1) is 11.3. The molecule has 0 radical (unpaired) electrons.